The van der Waals surface area contributed by atoms with Crippen molar-refractivity contribution in [3.8, 4) is 0 Å². The molecule has 0 aromatic heterocycles. The highest BCUT2D eigenvalue weighted by molar-refractivity contribution is 5.88. The predicted octanol–water partition coefficient (Wildman–Crippen LogP) is 1.80. The molecule has 0 aromatic carbocycles. The minimum atomic E-state index is -1.06. The van der Waals surface area contributed by atoms with Gasteiger partial charge in [0.05, 0.1) is 5.57 Å². The van der Waals surface area contributed by atoms with Crippen molar-refractivity contribution in [2.75, 3.05) is 6.61 Å². The zero-order chi connectivity index (χ0) is 12.7. The highest BCUT2D eigenvalue weighted by Crippen LogP contribution is 2.06. The minimum absolute atomic E-state index is 0.0241. The van der Waals surface area contributed by atoms with Crippen LogP contribution in [0.4, 0.5) is 0 Å². The van der Waals surface area contributed by atoms with Crippen LogP contribution in [0, 0.1) is 0 Å². The van der Waals surface area contributed by atoms with E-state index in [2.05, 4.69) is 0 Å². The fraction of sp³-hybridized carbons (Fsp3) is 0.455. The Morgan fingerprint density at radius 3 is 2.25 bits per heavy atom. The third-order valence-corrected chi connectivity index (χ3v) is 2.02. The maximum Gasteiger partial charge on any atom is 0.337 e. The molecular formula is C11H16O5. The molecule has 0 aliphatic heterocycles. The first-order valence-electron chi connectivity index (χ1n) is 4.86. The Balaban J connectivity index is 4.30. The van der Waals surface area contributed by atoms with E-state index < -0.39 is 11.9 Å². The molecule has 0 saturated heterocycles. The van der Waals surface area contributed by atoms with Gasteiger partial charge in [0.1, 0.15) is 12.4 Å². The number of carbonyl (C=O) groups excluding carboxylic acids is 1. The molecule has 16 heavy (non-hydrogen) atoms. The van der Waals surface area contributed by atoms with Gasteiger partial charge in [0.15, 0.2) is 0 Å². The van der Waals surface area contributed by atoms with E-state index in [1.54, 1.807) is 6.92 Å². The second kappa shape index (κ2) is 6.66. The average molecular weight is 228 g/mol. The van der Waals surface area contributed by atoms with Gasteiger partial charge in [0.25, 0.3) is 0 Å². The fourth-order valence-corrected chi connectivity index (χ4v) is 0.821. The lowest BCUT2D eigenvalue weighted by Gasteiger charge is -2.04. The summed E-state index contributed by atoms with van der Waals surface area (Å²) in [5, 5.41) is 17.8. The highest BCUT2D eigenvalue weighted by atomic mass is 16.5. The molecule has 0 amide bonds. The normalized spacial score (nSPS) is 13.1. The number of allylic oxidation sites excluding steroid dienone is 1. The van der Waals surface area contributed by atoms with Crippen LogP contribution in [0.1, 0.15) is 27.2 Å². The van der Waals surface area contributed by atoms with Crippen LogP contribution in [-0.4, -0.2) is 28.8 Å². The Bertz CT molecular complexity index is 338. The second-order valence-corrected chi connectivity index (χ2v) is 3.22. The van der Waals surface area contributed by atoms with Gasteiger partial charge in [-0.3, -0.25) is 0 Å². The van der Waals surface area contributed by atoms with Crippen molar-refractivity contribution in [1.82, 2.24) is 0 Å². The summed E-state index contributed by atoms with van der Waals surface area (Å²) in [4.78, 5) is 21.7. The summed E-state index contributed by atoms with van der Waals surface area (Å²) in [6.07, 6.45) is 1.64. The molecule has 0 bridgehead atoms. The molecular weight excluding hydrogens is 212 g/mol. The number of ether oxygens (including phenoxy) is 1. The van der Waals surface area contributed by atoms with Gasteiger partial charge in [-0.1, -0.05) is 6.92 Å². The highest BCUT2D eigenvalue weighted by Gasteiger charge is 2.10. The van der Waals surface area contributed by atoms with E-state index in [-0.39, 0.29) is 23.5 Å². The average Bonchev–Trinajstić information content (AvgIpc) is 2.26. The number of hydrogen-bond acceptors (Lipinski definition) is 4. The summed E-state index contributed by atoms with van der Waals surface area (Å²) in [6.45, 7) is 4.45. The van der Waals surface area contributed by atoms with E-state index in [9.17, 15) is 14.7 Å². The predicted molar refractivity (Wildman–Crippen MR) is 58.0 cm³/mol. The van der Waals surface area contributed by atoms with Gasteiger partial charge in [0.2, 0.25) is 0 Å². The van der Waals surface area contributed by atoms with Crippen LogP contribution in [0.5, 0.6) is 0 Å². The number of hydrogen-bond donors (Lipinski definition) is 2. The summed E-state index contributed by atoms with van der Waals surface area (Å²) >= 11 is 0. The Kier molecular flexibility index (Phi) is 5.92. The molecule has 0 aliphatic carbocycles. The summed E-state index contributed by atoms with van der Waals surface area (Å²) in [5.74, 6) is -1.72. The standard InChI is InChI=1S/C11H16O5/c1-4-9(12)8(3)11(15)16-6-5-7(2)10(13)14/h5,12H,4,6H2,1-3H3,(H,13,14). The number of rotatable bonds is 5. The summed E-state index contributed by atoms with van der Waals surface area (Å²) in [6, 6.07) is 0. The number of esters is 1. The van der Waals surface area contributed by atoms with Crippen LogP contribution in [0.25, 0.3) is 0 Å². The molecule has 0 fully saturated rings. The lowest BCUT2D eigenvalue weighted by atomic mass is 10.2. The van der Waals surface area contributed by atoms with Gasteiger partial charge in [-0.2, -0.15) is 0 Å². The number of aliphatic hydroxyl groups is 1. The lowest BCUT2D eigenvalue weighted by molar-refractivity contribution is -0.138. The Hall–Kier alpha value is -1.78. The monoisotopic (exact) mass is 228 g/mol. The minimum Gasteiger partial charge on any atom is -0.512 e. The zero-order valence-corrected chi connectivity index (χ0v) is 9.61. The van der Waals surface area contributed by atoms with E-state index in [1.807, 2.05) is 0 Å². The molecule has 0 radical (unpaired) electrons. The Morgan fingerprint density at radius 2 is 1.81 bits per heavy atom. The van der Waals surface area contributed by atoms with E-state index in [1.165, 1.54) is 19.9 Å². The number of aliphatic carboxylic acids is 1. The molecule has 0 spiro atoms. The van der Waals surface area contributed by atoms with Crippen molar-refractivity contribution in [3.63, 3.8) is 0 Å². The topological polar surface area (TPSA) is 83.8 Å². The SMILES string of the molecule is CCC(O)=C(C)C(=O)OCC=C(C)C(=O)O. The van der Waals surface area contributed by atoms with E-state index in [0.717, 1.165) is 0 Å². The fourth-order valence-electron chi connectivity index (χ4n) is 0.821. The number of carbonyl (C=O) groups is 2. The largest absolute Gasteiger partial charge is 0.512 e. The van der Waals surface area contributed by atoms with Gasteiger partial charge >= 0.3 is 11.9 Å². The maximum absolute atomic E-state index is 11.3. The van der Waals surface area contributed by atoms with Crippen LogP contribution in [0.3, 0.4) is 0 Å². The van der Waals surface area contributed by atoms with Crippen molar-refractivity contribution >= 4 is 11.9 Å². The maximum atomic E-state index is 11.3. The van der Waals surface area contributed by atoms with Crippen LogP contribution >= 0.6 is 0 Å². The molecule has 0 saturated carbocycles. The van der Waals surface area contributed by atoms with Gasteiger partial charge in [-0.15, -0.1) is 0 Å². The number of carboxylic acid groups (broad SMARTS) is 1. The molecule has 90 valence electrons. The third kappa shape index (κ3) is 4.63. The first-order valence-corrected chi connectivity index (χ1v) is 4.86. The first-order chi connectivity index (χ1) is 7.40. The summed E-state index contributed by atoms with van der Waals surface area (Å²) in [5.41, 5.74) is 0.248. The zero-order valence-electron chi connectivity index (χ0n) is 9.61. The molecule has 0 aliphatic rings. The lowest BCUT2D eigenvalue weighted by Crippen LogP contribution is -2.09. The Labute approximate surface area is 94.0 Å². The molecule has 0 heterocycles. The molecule has 0 aromatic rings. The van der Waals surface area contributed by atoms with Crippen molar-refractivity contribution < 1.29 is 24.5 Å². The van der Waals surface area contributed by atoms with Gasteiger partial charge in [-0.25, -0.2) is 9.59 Å². The molecule has 0 atom stereocenters. The van der Waals surface area contributed by atoms with Crippen LogP contribution in [-0.2, 0) is 14.3 Å². The van der Waals surface area contributed by atoms with E-state index >= 15 is 0 Å². The van der Waals surface area contributed by atoms with Crippen LogP contribution in [0.2, 0.25) is 0 Å². The van der Waals surface area contributed by atoms with Crippen LogP contribution in [0.15, 0.2) is 23.0 Å². The van der Waals surface area contributed by atoms with Crippen molar-refractivity contribution in [1.29, 1.82) is 0 Å². The first kappa shape index (κ1) is 14.2. The molecule has 5 heteroatoms. The van der Waals surface area contributed by atoms with Crippen molar-refractivity contribution in [2.24, 2.45) is 0 Å². The van der Waals surface area contributed by atoms with Gasteiger partial charge < -0.3 is 14.9 Å². The van der Waals surface area contributed by atoms with Gasteiger partial charge in [0, 0.05) is 12.0 Å². The van der Waals surface area contributed by atoms with Crippen molar-refractivity contribution in [3.05, 3.63) is 23.0 Å². The second-order valence-electron chi connectivity index (χ2n) is 3.22. The molecule has 2 N–H and O–H groups in total. The Morgan fingerprint density at radius 1 is 1.25 bits per heavy atom. The van der Waals surface area contributed by atoms with Crippen molar-refractivity contribution in [2.45, 2.75) is 27.2 Å². The van der Waals surface area contributed by atoms with Crippen LogP contribution < -0.4 is 0 Å². The molecule has 5 nitrogen and oxygen atoms in total. The van der Waals surface area contributed by atoms with E-state index in [4.69, 9.17) is 9.84 Å². The third-order valence-electron chi connectivity index (χ3n) is 2.02. The summed E-state index contributed by atoms with van der Waals surface area (Å²) < 4.78 is 4.75. The number of carboxylic acids is 1. The van der Waals surface area contributed by atoms with Gasteiger partial charge in [-0.05, 0) is 19.9 Å². The molecule has 0 unspecified atom stereocenters. The van der Waals surface area contributed by atoms with E-state index in [0.29, 0.717) is 6.42 Å². The smallest absolute Gasteiger partial charge is 0.337 e. The molecule has 0 rings (SSSR count). The summed E-state index contributed by atoms with van der Waals surface area (Å²) in [7, 11) is 0. The number of aliphatic hydroxyl groups excluding tert-OH is 1. The quantitative estimate of drug-likeness (QED) is 0.426.